The van der Waals surface area contributed by atoms with Gasteiger partial charge in [-0.05, 0) is 30.0 Å². The molecule has 0 aliphatic heterocycles. The lowest BCUT2D eigenvalue weighted by atomic mass is 9.98. The van der Waals surface area contributed by atoms with E-state index in [1.54, 1.807) is 19.2 Å². The van der Waals surface area contributed by atoms with E-state index in [0.29, 0.717) is 24.8 Å². The van der Waals surface area contributed by atoms with Crippen molar-refractivity contribution in [1.82, 2.24) is 10.6 Å². The topological polar surface area (TPSA) is 79.5 Å². The van der Waals surface area contributed by atoms with Crippen LogP contribution in [0.3, 0.4) is 0 Å². The number of nitrogens with one attached hydrogen (secondary N) is 2. The summed E-state index contributed by atoms with van der Waals surface area (Å²) in [6, 6.07) is 6.12. The van der Waals surface area contributed by atoms with Crippen molar-refractivity contribution >= 4 is 11.9 Å². The van der Waals surface area contributed by atoms with Crippen molar-refractivity contribution in [3.8, 4) is 0 Å². The minimum absolute atomic E-state index is 0.293. The van der Waals surface area contributed by atoms with Gasteiger partial charge < -0.3 is 16.4 Å². The first-order valence-electron chi connectivity index (χ1n) is 8.48. The zero-order chi connectivity index (χ0) is 17.9. The van der Waals surface area contributed by atoms with Gasteiger partial charge in [-0.15, -0.1) is 0 Å². The van der Waals surface area contributed by atoms with Crippen molar-refractivity contribution in [1.29, 1.82) is 0 Å². The fraction of sp³-hybridized carbons (Fsp3) is 0.556. The van der Waals surface area contributed by atoms with E-state index in [2.05, 4.69) is 29.5 Å². The number of nitrogens with two attached hydrogens (primary N) is 1. The molecule has 1 aromatic carbocycles. The van der Waals surface area contributed by atoms with Gasteiger partial charge in [0.15, 0.2) is 5.96 Å². The van der Waals surface area contributed by atoms with Crippen molar-refractivity contribution in [2.24, 2.45) is 22.6 Å². The van der Waals surface area contributed by atoms with Crippen LogP contribution in [0.1, 0.15) is 32.3 Å². The molecule has 24 heavy (non-hydrogen) atoms. The molecule has 0 radical (unpaired) electrons. The summed E-state index contributed by atoms with van der Waals surface area (Å²) in [6.07, 6.45) is 2.68. The van der Waals surface area contributed by atoms with Crippen LogP contribution in [0.2, 0.25) is 0 Å². The molecular weight excluding hydrogens is 307 g/mol. The number of aliphatic imine (C=N–C) groups is 1. The standard InChI is InChI=1S/C18H29FN4O/c1-4-13(5-2)11-22-18(21-3)23-12-15(17(20)24)10-14-6-8-16(19)9-7-14/h6-9,13,15H,4-5,10-12H2,1-3H3,(H2,20,24)(H2,21,22,23). The number of hydrogen-bond donors (Lipinski definition) is 3. The highest BCUT2D eigenvalue weighted by molar-refractivity contribution is 5.81. The minimum Gasteiger partial charge on any atom is -0.369 e. The first-order chi connectivity index (χ1) is 11.5. The summed E-state index contributed by atoms with van der Waals surface area (Å²) in [5.41, 5.74) is 6.37. The first-order valence-corrected chi connectivity index (χ1v) is 8.48. The van der Waals surface area contributed by atoms with E-state index >= 15 is 0 Å². The van der Waals surface area contributed by atoms with E-state index in [1.165, 1.54) is 12.1 Å². The van der Waals surface area contributed by atoms with Crippen LogP contribution in [0.25, 0.3) is 0 Å². The predicted molar refractivity (Wildman–Crippen MR) is 96.2 cm³/mol. The van der Waals surface area contributed by atoms with Crippen LogP contribution in [0.15, 0.2) is 29.3 Å². The Morgan fingerprint density at radius 2 is 1.75 bits per heavy atom. The van der Waals surface area contributed by atoms with Crippen molar-refractivity contribution in [2.75, 3.05) is 20.1 Å². The molecule has 1 rings (SSSR count). The second-order valence-electron chi connectivity index (χ2n) is 5.95. The minimum atomic E-state index is -0.387. The summed E-state index contributed by atoms with van der Waals surface area (Å²) in [5.74, 6) is 0.185. The van der Waals surface area contributed by atoms with E-state index in [4.69, 9.17) is 5.73 Å². The molecular formula is C18H29FN4O. The quantitative estimate of drug-likeness (QED) is 0.477. The molecule has 1 amide bonds. The normalized spacial score (nSPS) is 13.0. The number of carbonyl (C=O) groups is 1. The van der Waals surface area contributed by atoms with E-state index in [9.17, 15) is 9.18 Å². The number of primary amides is 1. The lowest BCUT2D eigenvalue weighted by molar-refractivity contribution is -0.121. The molecule has 0 bridgehead atoms. The van der Waals surface area contributed by atoms with Gasteiger partial charge in [-0.25, -0.2) is 4.39 Å². The smallest absolute Gasteiger partial charge is 0.222 e. The summed E-state index contributed by atoms with van der Waals surface area (Å²) in [4.78, 5) is 15.8. The Labute approximate surface area is 143 Å². The number of nitrogens with zero attached hydrogens (tertiary/aromatic N) is 1. The molecule has 1 unspecified atom stereocenters. The Morgan fingerprint density at radius 3 is 2.25 bits per heavy atom. The average Bonchev–Trinajstić information content (AvgIpc) is 2.58. The largest absolute Gasteiger partial charge is 0.369 e. The zero-order valence-corrected chi connectivity index (χ0v) is 14.8. The maximum atomic E-state index is 13.0. The fourth-order valence-electron chi connectivity index (χ4n) is 2.44. The predicted octanol–water partition coefficient (Wildman–Crippen LogP) is 2.07. The van der Waals surface area contributed by atoms with Crippen LogP contribution in [-0.4, -0.2) is 32.0 Å². The lowest BCUT2D eigenvalue weighted by Gasteiger charge is -2.19. The van der Waals surface area contributed by atoms with Gasteiger partial charge >= 0.3 is 0 Å². The highest BCUT2D eigenvalue weighted by atomic mass is 19.1. The van der Waals surface area contributed by atoms with Crippen molar-refractivity contribution < 1.29 is 9.18 Å². The Morgan fingerprint density at radius 1 is 1.17 bits per heavy atom. The molecule has 4 N–H and O–H groups in total. The summed E-state index contributed by atoms with van der Waals surface area (Å²) in [7, 11) is 1.70. The monoisotopic (exact) mass is 336 g/mol. The SMILES string of the molecule is CCC(CC)CNC(=NC)NCC(Cc1ccc(F)cc1)C(N)=O. The zero-order valence-electron chi connectivity index (χ0n) is 14.8. The van der Waals surface area contributed by atoms with Crippen molar-refractivity contribution in [3.63, 3.8) is 0 Å². The van der Waals surface area contributed by atoms with Gasteiger partial charge in [-0.3, -0.25) is 9.79 Å². The van der Waals surface area contributed by atoms with Crippen LogP contribution in [0, 0.1) is 17.7 Å². The number of benzene rings is 1. The molecule has 5 nitrogen and oxygen atoms in total. The van der Waals surface area contributed by atoms with Gasteiger partial charge in [0.05, 0.1) is 5.92 Å². The molecule has 0 saturated carbocycles. The van der Waals surface area contributed by atoms with Gasteiger partial charge in [0.2, 0.25) is 5.91 Å². The van der Waals surface area contributed by atoms with Crippen LogP contribution < -0.4 is 16.4 Å². The van der Waals surface area contributed by atoms with Crippen LogP contribution in [-0.2, 0) is 11.2 Å². The molecule has 0 aliphatic rings. The van der Waals surface area contributed by atoms with E-state index in [0.717, 1.165) is 24.9 Å². The van der Waals surface area contributed by atoms with Crippen molar-refractivity contribution in [3.05, 3.63) is 35.6 Å². The number of halogens is 1. The summed E-state index contributed by atoms with van der Waals surface area (Å²) in [5, 5.41) is 6.42. The summed E-state index contributed by atoms with van der Waals surface area (Å²) in [6.45, 7) is 5.55. The molecule has 0 spiro atoms. The molecule has 134 valence electrons. The van der Waals surface area contributed by atoms with Gasteiger partial charge in [-0.1, -0.05) is 38.8 Å². The van der Waals surface area contributed by atoms with Gasteiger partial charge in [0.1, 0.15) is 5.82 Å². The average molecular weight is 336 g/mol. The van der Waals surface area contributed by atoms with E-state index in [-0.39, 0.29) is 17.6 Å². The molecule has 1 aromatic rings. The van der Waals surface area contributed by atoms with E-state index < -0.39 is 0 Å². The molecule has 6 heteroatoms. The Hall–Kier alpha value is -2.11. The molecule has 1 atom stereocenters. The fourth-order valence-corrected chi connectivity index (χ4v) is 2.44. The Balaban J connectivity index is 2.55. The van der Waals surface area contributed by atoms with Crippen LogP contribution in [0.4, 0.5) is 4.39 Å². The molecule has 0 fully saturated rings. The van der Waals surface area contributed by atoms with Crippen LogP contribution >= 0.6 is 0 Å². The number of hydrogen-bond acceptors (Lipinski definition) is 2. The third-order valence-electron chi connectivity index (χ3n) is 4.25. The molecule has 0 heterocycles. The Kier molecular flexibility index (Phi) is 8.83. The summed E-state index contributed by atoms with van der Waals surface area (Å²) >= 11 is 0. The third-order valence-corrected chi connectivity index (χ3v) is 4.25. The number of guanidine groups is 1. The Bertz CT molecular complexity index is 526. The number of amides is 1. The maximum absolute atomic E-state index is 13.0. The first kappa shape index (κ1) is 19.9. The third kappa shape index (κ3) is 6.98. The lowest BCUT2D eigenvalue weighted by Crippen LogP contribution is -2.44. The molecule has 0 aromatic heterocycles. The second kappa shape index (κ2) is 10.6. The second-order valence-corrected chi connectivity index (χ2v) is 5.95. The van der Waals surface area contributed by atoms with Crippen LogP contribution in [0.5, 0.6) is 0 Å². The van der Waals surface area contributed by atoms with Crippen molar-refractivity contribution in [2.45, 2.75) is 33.1 Å². The van der Waals surface area contributed by atoms with E-state index in [1.807, 2.05) is 0 Å². The van der Waals surface area contributed by atoms with Gasteiger partial charge in [-0.2, -0.15) is 0 Å². The highest BCUT2D eigenvalue weighted by Crippen LogP contribution is 2.10. The maximum Gasteiger partial charge on any atom is 0.222 e. The van der Waals surface area contributed by atoms with Gasteiger partial charge in [0, 0.05) is 20.1 Å². The molecule has 0 aliphatic carbocycles. The number of rotatable bonds is 9. The highest BCUT2D eigenvalue weighted by Gasteiger charge is 2.17. The molecule has 0 saturated heterocycles. The number of carbonyl (C=O) groups excluding carboxylic acids is 1. The summed E-state index contributed by atoms with van der Waals surface area (Å²) < 4.78 is 13.0. The van der Waals surface area contributed by atoms with Gasteiger partial charge in [0.25, 0.3) is 0 Å².